The van der Waals surface area contributed by atoms with E-state index in [1.807, 2.05) is 0 Å². The molecule has 0 saturated heterocycles. The number of aliphatic hydroxyl groups is 1. The number of hydrogen-bond acceptors (Lipinski definition) is 2. The summed E-state index contributed by atoms with van der Waals surface area (Å²) in [4.78, 5) is 4.39. The lowest BCUT2D eigenvalue weighted by Gasteiger charge is -2.19. The molecule has 1 aromatic rings. The van der Waals surface area contributed by atoms with Gasteiger partial charge < -0.3 is 16.2 Å². The fourth-order valence-corrected chi connectivity index (χ4v) is 2.85. The number of aliphatic imine (C=N–C) groups is 1. The molecule has 4 N–H and O–H groups in total. The number of unbranched alkanes of at least 4 members (excludes halogenated alkanes) is 3. The Morgan fingerprint density at radius 3 is 2.81 bits per heavy atom. The van der Waals surface area contributed by atoms with Crippen LogP contribution in [0.4, 0.5) is 5.69 Å². The van der Waals surface area contributed by atoms with Gasteiger partial charge in [0.15, 0.2) is 5.96 Å². The minimum atomic E-state index is 0.284. The van der Waals surface area contributed by atoms with Crippen molar-refractivity contribution in [2.45, 2.75) is 51.4 Å². The highest BCUT2D eigenvalue weighted by Crippen LogP contribution is 2.27. The number of rotatable bonds is 7. The van der Waals surface area contributed by atoms with Crippen LogP contribution in [0.2, 0.25) is 0 Å². The summed E-state index contributed by atoms with van der Waals surface area (Å²) in [5.41, 5.74) is 9.95. The maximum Gasteiger partial charge on any atom is 0.193 e. The second kappa shape index (κ2) is 8.67. The molecule has 0 bridgehead atoms. The summed E-state index contributed by atoms with van der Waals surface area (Å²) in [6.07, 6.45) is 8.91. The molecule has 0 unspecified atom stereocenters. The van der Waals surface area contributed by atoms with Gasteiger partial charge >= 0.3 is 0 Å². The third-order valence-electron chi connectivity index (χ3n) is 4.01. The van der Waals surface area contributed by atoms with E-state index in [0.29, 0.717) is 5.96 Å². The lowest BCUT2D eigenvalue weighted by atomic mass is 9.90. The maximum atomic E-state index is 8.71. The lowest BCUT2D eigenvalue weighted by Crippen LogP contribution is -2.24. The van der Waals surface area contributed by atoms with Crippen molar-refractivity contribution in [2.24, 2.45) is 10.7 Å². The summed E-state index contributed by atoms with van der Waals surface area (Å²) >= 11 is 0. The van der Waals surface area contributed by atoms with E-state index in [2.05, 4.69) is 28.5 Å². The van der Waals surface area contributed by atoms with Gasteiger partial charge in [0.1, 0.15) is 0 Å². The Hall–Kier alpha value is -1.55. The third kappa shape index (κ3) is 5.05. The molecular weight excluding hydrogens is 262 g/mol. The zero-order chi connectivity index (χ0) is 14.9. The minimum Gasteiger partial charge on any atom is -0.396 e. The number of anilines is 1. The van der Waals surface area contributed by atoms with Crippen molar-refractivity contribution >= 4 is 11.6 Å². The van der Waals surface area contributed by atoms with Gasteiger partial charge in [0.25, 0.3) is 0 Å². The SMILES string of the molecule is NC(=NCCCCCCO)Nc1cccc2c1CCCC2. The first kappa shape index (κ1) is 15.8. The Morgan fingerprint density at radius 2 is 1.95 bits per heavy atom. The van der Waals surface area contributed by atoms with Crippen LogP contribution >= 0.6 is 0 Å². The average molecular weight is 289 g/mol. The van der Waals surface area contributed by atoms with E-state index in [1.165, 1.54) is 30.4 Å². The quantitative estimate of drug-likeness (QED) is 0.410. The minimum absolute atomic E-state index is 0.284. The topological polar surface area (TPSA) is 70.6 Å². The molecule has 0 radical (unpaired) electrons. The van der Waals surface area contributed by atoms with Crippen LogP contribution in [0.15, 0.2) is 23.2 Å². The molecule has 0 heterocycles. The fraction of sp³-hybridized carbons (Fsp3) is 0.588. The van der Waals surface area contributed by atoms with Crippen LogP contribution in [0.3, 0.4) is 0 Å². The first-order valence-corrected chi connectivity index (χ1v) is 8.10. The molecule has 1 aliphatic rings. The average Bonchev–Trinajstić information content (AvgIpc) is 2.51. The van der Waals surface area contributed by atoms with Crippen molar-refractivity contribution in [3.05, 3.63) is 29.3 Å². The Morgan fingerprint density at radius 1 is 1.14 bits per heavy atom. The van der Waals surface area contributed by atoms with E-state index in [4.69, 9.17) is 10.8 Å². The summed E-state index contributed by atoms with van der Waals surface area (Å²) in [6, 6.07) is 6.40. The normalized spacial score (nSPS) is 14.8. The Bertz CT molecular complexity index is 471. The number of hydrogen-bond donors (Lipinski definition) is 3. The largest absolute Gasteiger partial charge is 0.396 e. The number of fused-ring (bicyclic) bond motifs is 1. The lowest BCUT2D eigenvalue weighted by molar-refractivity contribution is 0.282. The summed E-state index contributed by atoms with van der Waals surface area (Å²) < 4.78 is 0. The van der Waals surface area contributed by atoms with Gasteiger partial charge in [-0.2, -0.15) is 0 Å². The number of nitrogens with one attached hydrogen (secondary N) is 1. The second-order valence-corrected chi connectivity index (χ2v) is 5.68. The molecule has 2 rings (SSSR count). The first-order chi connectivity index (χ1) is 10.3. The molecule has 116 valence electrons. The number of nitrogens with zero attached hydrogens (tertiary/aromatic N) is 1. The number of aryl methyl sites for hydroxylation is 1. The van der Waals surface area contributed by atoms with Gasteiger partial charge in [-0.25, -0.2) is 0 Å². The molecule has 4 heteroatoms. The molecule has 0 aliphatic heterocycles. The first-order valence-electron chi connectivity index (χ1n) is 8.10. The van der Waals surface area contributed by atoms with Gasteiger partial charge in [-0.3, -0.25) is 4.99 Å². The van der Waals surface area contributed by atoms with Gasteiger partial charge in [0.2, 0.25) is 0 Å². The van der Waals surface area contributed by atoms with Gasteiger partial charge in [-0.05, 0) is 55.7 Å². The van der Waals surface area contributed by atoms with Crippen molar-refractivity contribution in [3.63, 3.8) is 0 Å². The standard InChI is InChI=1S/C17H27N3O/c18-17(19-12-5-1-2-6-13-21)20-16-11-7-9-14-8-3-4-10-15(14)16/h7,9,11,21H,1-6,8,10,12-13H2,(H3,18,19,20). The molecule has 1 aliphatic carbocycles. The zero-order valence-electron chi connectivity index (χ0n) is 12.8. The van der Waals surface area contributed by atoms with Crippen molar-refractivity contribution in [2.75, 3.05) is 18.5 Å². The summed E-state index contributed by atoms with van der Waals surface area (Å²) in [5, 5.41) is 12.0. The molecule has 0 saturated carbocycles. The molecule has 0 amide bonds. The number of benzene rings is 1. The molecule has 0 spiro atoms. The zero-order valence-corrected chi connectivity index (χ0v) is 12.8. The number of aliphatic hydroxyl groups excluding tert-OH is 1. The summed E-state index contributed by atoms with van der Waals surface area (Å²) in [5.74, 6) is 0.510. The molecule has 0 aromatic heterocycles. The van der Waals surface area contributed by atoms with Crippen LogP contribution in [0.25, 0.3) is 0 Å². The highest BCUT2D eigenvalue weighted by molar-refractivity contribution is 5.93. The van der Waals surface area contributed by atoms with E-state index in [1.54, 1.807) is 0 Å². The van der Waals surface area contributed by atoms with Crippen LogP contribution in [-0.2, 0) is 12.8 Å². The Balaban J connectivity index is 1.83. The number of guanidine groups is 1. The van der Waals surface area contributed by atoms with Crippen LogP contribution in [0, 0.1) is 0 Å². The third-order valence-corrected chi connectivity index (χ3v) is 4.01. The predicted octanol–water partition coefficient (Wildman–Crippen LogP) is 2.84. The molecule has 0 atom stereocenters. The van der Waals surface area contributed by atoms with Crippen molar-refractivity contribution in [1.29, 1.82) is 0 Å². The Labute approximate surface area is 127 Å². The highest BCUT2D eigenvalue weighted by Gasteiger charge is 2.12. The molecule has 21 heavy (non-hydrogen) atoms. The fourth-order valence-electron chi connectivity index (χ4n) is 2.85. The predicted molar refractivity (Wildman–Crippen MR) is 88.7 cm³/mol. The molecular formula is C17H27N3O. The molecule has 1 aromatic carbocycles. The van der Waals surface area contributed by atoms with Crippen molar-refractivity contribution in [1.82, 2.24) is 0 Å². The van der Waals surface area contributed by atoms with Crippen molar-refractivity contribution < 1.29 is 5.11 Å². The Kier molecular flexibility index (Phi) is 6.54. The summed E-state index contributed by atoms with van der Waals surface area (Å²) in [7, 11) is 0. The van der Waals surface area contributed by atoms with E-state index in [9.17, 15) is 0 Å². The van der Waals surface area contributed by atoms with E-state index >= 15 is 0 Å². The number of nitrogens with two attached hydrogens (primary N) is 1. The van der Waals surface area contributed by atoms with E-state index in [0.717, 1.165) is 44.3 Å². The second-order valence-electron chi connectivity index (χ2n) is 5.68. The van der Waals surface area contributed by atoms with Crippen molar-refractivity contribution in [3.8, 4) is 0 Å². The monoisotopic (exact) mass is 289 g/mol. The van der Waals surface area contributed by atoms with Gasteiger partial charge in [0.05, 0.1) is 0 Å². The van der Waals surface area contributed by atoms with Crippen LogP contribution in [0.5, 0.6) is 0 Å². The van der Waals surface area contributed by atoms with Crippen LogP contribution in [0.1, 0.15) is 49.7 Å². The highest BCUT2D eigenvalue weighted by atomic mass is 16.2. The van der Waals surface area contributed by atoms with Gasteiger partial charge in [-0.15, -0.1) is 0 Å². The smallest absolute Gasteiger partial charge is 0.193 e. The van der Waals surface area contributed by atoms with E-state index < -0.39 is 0 Å². The van der Waals surface area contributed by atoms with Gasteiger partial charge in [-0.1, -0.05) is 25.0 Å². The summed E-state index contributed by atoms with van der Waals surface area (Å²) in [6.45, 7) is 1.03. The molecule has 0 fully saturated rings. The maximum absolute atomic E-state index is 8.71. The van der Waals surface area contributed by atoms with Crippen LogP contribution in [-0.4, -0.2) is 24.2 Å². The van der Waals surface area contributed by atoms with Gasteiger partial charge in [0, 0.05) is 18.8 Å². The van der Waals surface area contributed by atoms with Crippen LogP contribution < -0.4 is 11.1 Å². The van der Waals surface area contributed by atoms with E-state index in [-0.39, 0.29) is 6.61 Å². The molecule has 4 nitrogen and oxygen atoms in total.